The van der Waals surface area contributed by atoms with Gasteiger partial charge in [-0.1, -0.05) is 6.42 Å². The summed E-state index contributed by atoms with van der Waals surface area (Å²) in [6.07, 6.45) is 2.59. The number of nitrogens with zero attached hydrogens (tertiary/aromatic N) is 2. The Balaban J connectivity index is 2.13. The quantitative estimate of drug-likeness (QED) is 0.686. The van der Waals surface area contributed by atoms with E-state index >= 15 is 0 Å². The second-order valence-electron chi connectivity index (χ2n) is 4.97. The molecule has 2 heterocycles. The normalized spacial score (nSPS) is 30.3. The van der Waals surface area contributed by atoms with Crippen LogP contribution in [0.25, 0.3) is 0 Å². The van der Waals surface area contributed by atoms with E-state index in [2.05, 4.69) is 0 Å². The molecule has 0 saturated carbocycles. The molecule has 9 heteroatoms. The molecule has 0 amide bonds. The third-order valence-electron chi connectivity index (χ3n) is 3.68. The van der Waals surface area contributed by atoms with Crippen molar-refractivity contribution in [3.63, 3.8) is 0 Å². The maximum Gasteiger partial charge on any atom is 0.282 e. The minimum atomic E-state index is -3.58. The second-order valence-corrected chi connectivity index (χ2v) is 9.47. The average Bonchev–Trinajstić information content (AvgIpc) is 2.38. The van der Waals surface area contributed by atoms with Crippen LogP contribution in [0.5, 0.6) is 0 Å². The topological polar surface area (TPSA) is 74.8 Å². The lowest BCUT2D eigenvalue weighted by atomic mass is 10.1. The predicted molar refractivity (Wildman–Crippen MR) is 74.2 cm³/mol. The maximum atomic E-state index is 12.5. The van der Waals surface area contributed by atoms with Crippen LogP contribution in [0.15, 0.2) is 0 Å². The first kappa shape index (κ1) is 15.5. The van der Waals surface area contributed by atoms with Gasteiger partial charge >= 0.3 is 0 Å². The molecule has 2 rings (SSSR count). The molecule has 0 aromatic carbocycles. The van der Waals surface area contributed by atoms with E-state index in [-0.39, 0.29) is 36.5 Å². The third kappa shape index (κ3) is 3.41. The summed E-state index contributed by atoms with van der Waals surface area (Å²) in [7, 11) is -6.66. The molecule has 6 nitrogen and oxygen atoms in total. The van der Waals surface area contributed by atoms with Crippen molar-refractivity contribution in [3.8, 4) is 0 Å². The monoisotopic (exact) mass is 330 g/mol. The lowest BCUT2D eigenvalue weighted by Crippen LogP contribution is -2.54. The Morgan fingerprint density at radius 3 is 2.32 bits per heavy atom. The van der Waals surface area contributed by atoms with Crippen LogP contribution in [0.4, 0.5) is 0 Å². The molecule has 0 aliphatic carbocycles. The predicted octanol–water partition coefficient (Wildman–Crippen LogP) is 0.0549. The second kappa shape index (κ2) is 5.85. The van der Waals surface area contributed by atoms with Gasteiger partial charge in [0.2, 0.25) is 0 Å². The van der Waals surface area contributed by atoms with Crippen LogP contribution in [-0.2, 0) is 20.0 Å². The first-order chi connectivity index (χ1) is 8.87. The zero-order chi connectivity index (χ0) is 14.1. The van der Waals surface area contributed by atoms with Gasteiger partial charge in [0.25, 0.3) is 10.2 Å². The Morgan fingerprint density at radius 1 is 1.11 bits per heavy atom. The highest BCUT2D eigenvalue weighted by atomic mass is 35.5. The fourth-order valence-electron chi connectivity index (χ4n) is 2.51. The minimum absolute atomic E-state index is 0.0518. The van der Waals surface area contributed by atoms with E-state index in [1.54, 1.807) is 0 Å². The first-order valence-corrected chi connectivity index (χ1v) is 10.2. The molecule has 1 unspecified atom stereocenters. The SMILES string of the molecule is O=S1(=O)CCN(S(=O)(=O)N2CCCCC2CCl)CC1. The lowest BCUT2D eigenvalue weighted by molar-refractivity contribution is 0.248. The molecule has 0 spiro atoms. The highest BCUT2D eigenvalue weighted by Crippen LogP contribution is 2.24. The molecule has 0 aromatic heterocycles. The van der Waals surface area contributed by atoms with Crippen LogP contribution in [0.3, 0.4) is 0 Å². The number of halogens is 1. The zero-order valence-corrected chi connectivity index (χ0v) is 13.1. The van der Waals surface area contributed by atoms with Crippen molar-refractivity contribution < 1.29 is 16.8 Å². The van der Waals surface area contributed by atoms with E-state index in [1.807, 2.05) is 0 Å². The molecular weight excluding hydrogens is 312 g/mol. The van der Waals surface area contributed by atoms with Gasteiger partial charge in [-0.2, -0.15) is 17.0 Å². The summed E-state index contributed by atoms with van der Waals surface area (Å²) in [5.41, 5.74) is 0. The minimum Gasteiger partial charge on any atom is -0.229 e. The molecule has 112 valence electrons. The molecule has 0 N–H and O–H groups in total. The average molecular weight is 331 g/mol. The van der Waals surface area contributed by atoms with Crippen LogP contribution < -0.4 is 0 Å². The Labute approximate surface area is 119 Å². The van der Waals surface area contributed by atoms with Gasteiger partial charge in [0.05, 0.1) is 11.5 Å². The molecular formula is C10H19ClN2O4S2. The number of rotatable bonds is 3. The van der Waals surface area contributed by atoms with Gasteiger partial charge in [-0.25, -0.2) is 8.42 Å². The summed E-state index contributed by atoms with van der Waals surface area (Å²) in [5, 5.41) is 0. The van der Waals surface area contributed by atoms with Crippen molar-refractivity contribution in [1.29, 1.82) is 0 Å². The van der Waals surface area contributed by atoms with Crippen LogP contribution in [0.2, 0.25) is 0 Å². The molecule has 0 radical (unpaired) electrons. The van der Waals surface area contributed by atoms with Gasteiger partial charge in [-0.15, -0.1) is 11.6 Å². The number of piperidine rings is 1. The molecule has 19 heavy (non-hydrogen) atoms. The van der Waals surface area contributed by atoms with Crippen molar-refractivity contribution in [3.05, 3.63) is 0 Å². The molecule has 1 atom stereocenters. The van der Waals surface area contributed by atoms with E-state index in [9.17, 15) is 16.8 Å². The fourth-order valence-corrected chi connectivity index (χ4v) is 6.20. The van der Waals surface area contributed by atoms with Crippen LogP contribution in [0, 0.1) is 0 Å². The number of alkyl halides is 1. The van der Waals surface area contributed by atoms with Gasteiger partial charge in [0.15, 0.2) is 9.84 Å². The summed E-state index contributed by atoms with van der Waals surface area (Å²) in [4.78, 5) is 0. The Morgan fingerprint density at radius 2 is 1.74 bits per heavy atom. The largest absolute Gasteiger partial charge is 0.282 e. The number of sulfone groups is 1. The Bertz CT molecular complexity index is 506. The molecule has 2 saturated heterocycles. The molecule has 0 aromatic rings. The molecule has 0 bridgehead atoms. The van der Waals surface area contributed by atoms with Crippen molar-refractivity contribution >= 4 is 31.6 Å². The van der Waals surface area contributed by atoms with Gasteiger partial charge < -0.3 is 0 Å². The van der Waals surface area contributed by atoms with E-state index in [4.69, 9.17) is 11.6 Å². The number of hydrogen-bond donors (Lipinski definition) is 0. The summed E-state index contributed by atoms with van der Waals surface area (Å²) in [5.74, 6) is 0.0998. The maximum absolute atomic E-state index is 12.5. The summed E-state index contributed by atoms with van der Waals surface area (Å²) >= 11 is 5.84. The molecule has 2 fully saturated rings. The Hall–Kier alpha value is 0.110. The highest BCUT2D eigenvalue weighted by Gasteiger charge is 2.38. The van der Waals surface area contributed by atoms with Gasteiger partial charge in [0.1, 0.15) is 0 Å². The highest BCUT2D eigenvalue weighted by molar-refractivity contribution is 7.91. The fraction of sp³-hybridized carbons (Fsp3) is 1.00. The summed E-state index contributed by atoms with van der Waals surface area (Å²) in [6, 6.07) is -0.168. The molecule has 2 aliphatic rings. The van der Waals surface area contributed by atoms with Crippen molar-refractivity contribution in [1.82, 2.24) is 8.61 Å². The van der Waals surface area contributed by atoms with E-state index in [0.29, 0.717) is 6.54 Å². The van der Waals surface area contributed by atoms with Crippen molar-refractivity contribution in [2.75, 3.05) is 37.0 Å². The number of hydrogen-bond acceptors (Lipinski definition) is 4. The zero-order valence-electron chi connectivity index (χ0n) is 10.7. The lowest BCUT2D eigenvalue weighted by Gasteiger charge is -2.38. The van der Waals surface area contributed by atoms with Gasteiger partial charge in [0, 0.05) is 31.6 Å². The molecule has 2 aliphatic heterocycles. The summed E-state index contributed by atoms with van der Waals surface area (Å²) in [6.45, 7) is 0.579. The first-order valence-electron chi connectivity index (χ1n) is 6.40. The third-order valence-corrected chi connectivity index (χ3v) is 7.73. The van der Waals surface area contributed by atoms with Crippen molar-refractivity contribution in [2.24, 2.45) is 0 Å². The van der Waals surface area contributed by atoms with Crippen LogP contribution >= 0.6 is 11.6 Å². The van der Waals surface area contributed by atoms with E-state index < -0.39 is 20.0 Å². The summed E-state index contributed by atoms with van der Waals surface area (Å²) < 4.78 is 50.5. The van der Waals surface area contributed by atoms with Gasteiger partial charge in [-0.05, 0) is 12.8 Å². The Kier molecular flexibility index (Phi) is 4.77. The smallest absolute Gasteiger partial charge is 0.229 e. The van der Waals surface area contributed by atoms with Gasteiger partial charge in [-0.3, -0.25) is 0 Å². The van der Waals surface area contributed by atoms with Crippen LogP contribution in [-0.4, -0.2) is 68.5 Å². The van der Waals surface area contributed by atoms with Crippen LogP contribution in [0.1, 0.15) is 19.3 Å². The van der Waals surface area contributed by atoms with E-state index in [1.165, 1.54) is 8.61 Å². The van der Waals surface area contributed by atoms with Crippen molar-refractivity contribution in [2.45, 2.75) is 25.3 Å². The van der Waals surface area contributed by atoms with E-state index in [0.717, 1.165) is 19.3 Å². The standard InChI is InChI=1S/C10H19ClN2O4S2/c11-9-10-3-1-2-4-13(10)19(16,17)12-5-7-18(14,15)8-6-12/h10H,1-9H2.